The van der Waals surface area contributed by atoms with Crippen molar-refractivity contribution in [2.24, 2.45) is 5.92 Å². The first-order valence-corrected chi connectivity index (χ1v) is 14.9. The molecule has 1 aliphatic heterocycles. The average Bonchev–Trinajstić information content (AvgIpc) is 3.74. The van der Waals surface area contributed by atoms with E-state index in [1.54, 1.807) is 24.3 Å². The van der Waals surface area contributed by atoms with Crippen molar-refractivity contribution in [3.63, 3.8) is 0 Å². The number of nitrogens with one attached hydrogen (secondary N) is 1. The molecule has 2 aliphatic carbocycles. The maximum atomic E-state index is 14.2. The van der Waals surface area contributed by atoms with Gasteiger partial charge in [-0.15, -0.1) is 0 Å². The third-order valence-corrected chi connectivity index (χ3v) is 8.31. The van der Waals surface area contributed by atoms with Crippen molar-refractivity contribution in [2.45, 2.75) is 110 Å². The first-order chi connectivity index (χ1) is 18.9. The first kappa shape index (κ1) is 30.8. The smallest absolute Gasteiger partial charge is 0.335 e. The fraction of sp³-hybridized carbons (Fsp3) is 0.576. The van der Waals surface area contributed by atoms with Gasteiger partial charge in [-0.1, -0.05) is 52.7 Å². The van der Waals surface area contributed by atoms with Crippen molar-refractivity contribution < 1.29 is 23.8 Å². The normalized spacial score (nSPS) is 19.7. The molecule has 0 bridgehead atoms. The van der Waals surface area contributed by atoms with Gasteiger partial charge in [-0.2, -0.15) is 0 Å². The molecule has 1 saturated heterocycles. The minimum absolute atomic E-state index is 0.151. The number of rotatable bonds is 7. The van der Waals surface area contributed by atoms with E-state index < -0.39 is 5.97 Å². The van der Waals surface area contributed by atoms with Crippen LogP contribution in [0.3, 0.4) is 0 Å². The summed E-state index contributed by atoms with van der Waals surface area (Å²) in [7, 11) is 0. The van der Waals surface area contributed by atoms with E-state index in [4.69, 9.17) is 4.74 Å². The van der Waals surface area contributed by atoms with E-state index in [1.165, 1.54) is 31.7 Å². The quantitative estimate of drug-likeness (QED) is 0.373. The zero-order chi connectivity index (χ0) is 28.4. The van der Waals surface area contributed by atoms with Gasteiger partial charge < -0.3 is 15.2 Å². The van der Waals surface area contributed by atoms with Gasteiger partial charge in [0.25, 0.3) is 0 Å². The van der Waals surface area contributed by atoms with E-state index in [2.05, 4.69) is 5.32 Å². The molecule has 1 heterocycles. The molecule has 214 valence electrons. The van der Waals surface area contributed by atoms with E-state index in [1.807, 2.05) is 33.8 Å². The molecular weight excluding hydrogens is 493 g/mol. The number of carbonyl (C=O) groups excluding carboxylic acids is 1. The Hall–Kier alpha value is -2.73. The average molecular weight is 540 g/mol. The molecular formula is C33H46FNO4. The Morgan fingerprint density at radius 3 is 2.33 bits per heavy atom. The lowest BCUT2D eigenvalue weighted by Crippen LogP contribution is -2.35. The number of ketones is 1. The van der Waals surface area contributed by atoms with Crippen LogP contribution in [0.25, 0.3) is 11.1 Å². The monoisotopic (exact) mass is 539 g/mol. The Balaban J connectivity index is 0.000000236. The molecule has 2 aromatic rings. The fourth-order valence-electron chi connectivity index (χ4n) is 6.24. The molecule has 39 heavy (non-hydrogen) atoms. The summed E-state index contributed by atoms with van der Waals surface area (Å²) in [5.74, 6) is 0.132. The van der Waals surface area contributed by atoms with Gasteiger partial charge in [0.2, 0.25) is 0 Å². The molecule has 5 rings (SSSR count). The second-order valence-corrected chi connectivity index (χ2v) is 10.7. The van der Waals surface area contributed by atoms with Crippen LogP contribution in [0.1, 0.15) is 108 Å². The SMILES string of the molecule is CC.CCC(=O)C1CNC2(CCCC2)C1.CCc1c(F)cccc1-c1cc(C(=O)O)ccc1OC1CCCC1. The van der Waals surface area contributed by atoms with E-state index in [0.717, 1.165) is 38.6 Å². The van der Waals surface area contributed by atoms with Crippen LogP contribution in [0.15, 0.2) is 36.4 Å². The van der Waals surface area contributed by atoms with Gasteiger partial charge in [-0.25, -0.2) is 9.18 Å². The molecule has 3 aliphatic rings. The maximum absolute atomic E-state index is 14.2. The number of carbonyl (C=O) groups is 2. The molecule has 0 radical (unpaired) electrons. The lowest BCUT2D eigenvalue weighted by atomic mass is 9.89. The molecule has 3 fully saturated rings. The summed E-state index contributed by atoms with van der Waals surface area (Å²) >= 11 is 0. The van der Waals surface area contributed by atoms with E-state index >= 15 is 0 Å². The highest BCUT2D eigenvalue weighted by molar-refractivity contribution is 5.91. The number of hydrogen-bond acceptors (Lipinski definition) is 4. The van der Waals surface area contributed by atoms with Crippen molar-refractivity contribution in [3.05, 3.63) is 53.3 Å². The van der Waals surface area contributed by atoms with Crippen molar-refractivity contribution in [2.75, 3.05) is 6.54 Å². The maximum Gasteiger partial charge on any atom is 0.335 e. The fourth-order valence-corrected chi connectivity index (χ4v) is 6.24. The number of Topliss-reactive ketones (excluding diaryl/α,β-unsaturated/α-hetero) is 1. The number of halogens is 1. The van der Waals surface area contributed by atoms with Crippen molar-refractivity contribution in [3.8, 4) is 16.9 Å². The van der Waals surface area contributed by atoms with Gasteiger partial charge in [0, 0.05) is 30.0 Å². The summed E-state index contributed by atoms with van der Waals surface area (Å²) in [6, 6.07) is 9.73. The van der Waals surface area contributed by atoms with Gasteiger partial charge in [0.1, 0.15) is 17.3 Å². The highest BCUT2D eigenvalue weighted by Gasteiger charge is 2.42. The third kappa shape index (κ3) is 7.69. The molecule has 2 aromatic carbocycles. The summed E-state index contributed by atoms with van der Waals surface area (Å²) in [6.45, 7) is 8.80. The Bertz CT molecular complexity index is 1100. The molecule has 6 heteroatoms. The van der Waals surface area contributed by atoms with Crippen LogP contribution in [-0.2, 0) is 11.2 Å². The summed E-state index contributed by atoms with van der Waals surface area (Å²) in [5, 5.41) is 12.9. The highest BCUT2D eigenvalue weighted by Crippen LogP contribution is 2.39. The predicted octanol–water partition coefficient (Wildman–Crippen LogP) is 7.99. The van der Waals surface area contributed by atoms with Crippen LogP contribution in [-0.4, -0.2) is 35.0 Å². The molecule has 1 atom stereocenters. The molecule has 1 spiro atoms. The minimum Gasteiger partial charge on any atom is -0.490 e. The zero-order valence-corrected chi connectivity index (χ0v) is 24.2. The Kier molecular flexibility index (Phi) is 11.5. The van der Waals surface area contributed by atoms with Gasteiger partial charge in [0.15, 0.2) is 0 Å². The molecule has 2 saturated carbocycles. The largest absolute Gasteiger partial charge is 0.490 e. The van der Waals surface area contributed by atoms with Crippen molar-refractivity contribution in [1.29, 1.82) is 0 Å². The molecule has 0 amide bonds. The van der Waals surface area contributed by atoms with Crippen LogP contribution in [0, 0.1) is 11.7 Å². The number of aromatic carboxylic acids is 1. The summed E-state index contributed by atoms with van der Waals surface area (Å²) in [5.41, 5.74) is 2.48. The second kappa shape index (κ2) is 14.6. The van der Waals surface area contributed by atoms with Crippen LogP contribution in [0.2, 0.25) is 0 Å². The Morgan fingerprint density at radius 2 is 1.72 bits per heavy atom. The van der Waals surface area contributed by atoms with Crippen molar-refractivity contribution in [1.82, 2.24) is 5.32 Å². The zero-order valence-electron chi connectivity index (χ0n) is 24.2. The van der Waals surface area contributed by atoms with E-state index in [9.17, 15) is 19.1 Å². The summed E-state index contributed by atoms with van der Waals surface area (Å²) < 4.78 is 20.3. The third-order valence-electron chi connectivity index (χ3n) is 8.31. The summed E-state index contributed by atoms with van der Waals surface area (Å²) in [6.07, 6.45) is 12.1. The van der Waals surface area contributed by atoms with Crippen LogP contribution in [0.5, 0.6) is 5.75 Å². The van der Waals surface area contributed by atoms with Crippen LogP contribution in [0.4, 0.5) is 4.39 Å². The van der Waals surface area contributed by atoms with Gasteiger partial charge in [-0.3, -0.25) is 4.79 Å². The van der Waals surface area contributed by atoms with E-state index in [0.29, 0.717) is 52.5 Å². The number of ether oxygens (including phenoxy) is 1. The molecule has 0 aromatic heterocycles. The van der Waals surface area contributed by atoms with Gasteiger partial charge in [0.05, 0.1) is 11.7 Å². The van der Waals surface area contributed by atoms with Gasteiger partial charge >= 0.3 is 5.97 Å². The Morgan fingerprint density at radius 1 is 1.03 bits per heavy atom. The number of carboxylic acid groups (broad SMARTS) is 1. The standard InChI is InChI=1S/C20H21FO3.C11H19NO.C2H6/c1-2-15-16(8-5-9-18(15)21)17-12-13(20(22)23)10-11-19(17)24-14-6-3-4-7-14;1-2-10(13)9-7-11(12-8-9)5-3-4-6-11;1-2/h5,8-12,14H,2-4,6-7H2,1H3,(H,22,23);9,12H,2-8H2,1H3;1-2H3. The molecule has 1 unspecified atom stereocenters. The molecule has 2 N–H and O–H groups in total. The van der Waals surface area contributed by atoms with Crippen molar-refractivity contribution >= 4 is 11.8 Å². The van der Waals surface area contributed by atoms with Crippen LogP contribution < -0.4 is 10.1 Å². The highest BCUT2D eigenvalue weighted by atomic mass is 19.1. The minimum atomic E-state index is -1.00. The lowest BCUT2D eigenvalue weighted by Gasteiger charge is -2.22. The number of hydrogen-bond donors (Lipinski definition) is 2. The Labute approximate surface area is 233 Å². The second-order valence-electron chi connectivity index (χ2n) is 10.7. The predicted molar refractivity (Wildman–Crippen MR) is 155 cm³/mol. The number of carboxylic acids is 1. The topological polar surface area (TPSA) is 75.6 Å². The van der Waals surface area contributed by atoms with Gasteiger partial charge in [-0.05, 0) is 86.8 Å². The summed E-state index contributed by atoms with van der Waals surface area (Å²) in [4.78, 5) is 22.9. The molecule has 5 nitrogen and oxygen atoms in total. The first-order valence-electron chi connectivity index (χ1n) is 14.9. The number of benzene rings is 2. The van der Waals surface area contributed by atoms with Crippen LogP contribution >= 0.6 is 0 Å². The van der Waals surface area contributed by atoms with E-state index in [-0.39, 0.29) is 17.5 Å². The lowest BCUT2D eigenvalue weighted by molar-refractivity contribution is -0.122.